The zero-order valence-electron chi connectivity index (χ0n) is 15.2. The highest BCUT2D eigenvalue weighted by atomic mass is 16.5. The molecule has 1 aliphatic heterocycles. The van der Waals surface area contributed by atoms with Gasteiger partial charge >= 0.3 is 0 Å². The van der Waals surface area contributed by atoms with Crippen LogP contribution in [0.1, 0.15) is 25.3 Å². The van der Waals surface area contributed by atoms with Crippen molar-refractivity contribution in [3.05, 3.63) is 30.1 Å². The summed E-state index contributed by atoms with van der Waals surface area (Å²) in [4.78, 5) is 30.7. The normalized spacial score (nSPS) is 16.8. The Hall–Kier alpha value is -2.90. The molecule has 0 aliphatic carbocycles. The van der Waals surface area contributed by atoms with Gasteiger partial charge in [-0.2, -0.15) is 0 Å². The first kappa shape index (κ1) is 17.9. The number of methoxy groups -OCH3 is 1. The average molecular weight is 357 g/mol. The summed E-state index contributed by atoms with van der Waals surface area (Å²) in [6.07, 6.45) is 2.67. The lowest BCUT2D eigenvalue weighted by atomic mass is 10.1. The van der Waals surface area contributed by atoms with E-state index in [9.17, 15) is 9.59 Å². The van der Waals surface area contributed by atoms with Gasteiger partial charge in [-0.3, -0.25) is 19.6 Å². The minimum Gasteiger partial charge on any atom is -0.495 e. The SMILES string of the molecule is CCCn1cnc(NC(=O)[C@@H]2CC(=O)N(c3cc(C)ccc3OC)C2)n1. The van der Waals surface area contributed by atoms with Crippen molar-refractivity contribution in [3.8, 4) is 5.75 Å². The number of hydrogen-bond acceptors (Lipinski definition) is 5. The molecule has 1 saturated heterocycles. The molecular weight excluding hydrogens is 334 g/mol. The van der Waals surface area contributed by atoms with Crippen LogP contribution in [0.25, 0.3) is 0 Å². The van der Waals surface area contributed by atoms with Gasteiger partial charge < -0.3 is 9.64 Å². The number of amides is 2. The zero-order valence-corrected chi connectivity index (χ0v) is 15.2. The quantitative estimate of drug-likeness (QED) is 0.854. The Bertz CT molecular complexity index is 817. The van der Waals surface area contributed by atoms with E-state index in [-0.39, 0.29) is 24.2 Å². The number of aromatic nitrogens is 3. The molecule has 0 bridgehead atoms. The molecule has 8 nitrogen and oxygen atoms in total. The third kappa shape index (κ3) is 3.68. The number of anilines is 2. The van der Waals surface area contributed by atoms with Crippen molar-refractivity contribution < 1.29 is 14.3 Å². The van der Waals surface area contributed by atoms with E-state index in [1.807, 2.05) is 32.0 Å². The maximum absolute atomic E-state index is 12.5. The van der Waals surface area contributed by atoms with E-state index in [1.54, 1.807) is 23.0 Å². The van der Waals surface area contributed by atoms with Crippen LogP contribution in [0.15, 0.2) is 24.5 Å². The fourth-order valence-corrected chi connectivity index (χ4v) is 3.03. The standard InChI is InChI=1S/C18H23N5O3/c1-4-7-22-11-19-18(21-22)20-17(25)13-9-16(24)23(10-13)14-8-12(2)5-6-15(14)26-3/h5-6,8,11,13H,4,7,9-10H2,1-3H3,(H,20,21,25)/t13-/m1/s1. The molecule has 138 valence electrons. The monoisotopic (exact) mass is 357 g/mol. The van der Waals surface area contributed by atoms with Gasteiger partial charge in [0, 0.05) is 19.5 Å². The number of carbonyl (C=O) groups excluding carboxylic acids is 2. The van der Waals surface area contributed by atoms with Crippen molar-refractivity contribution in [2.75, 3.05) is 23.9 Å². The van der Waals surface area contributed by atoms with E-state index >= 15 is 0 Å². The van der Waals surface area contributed by atoms with E-state index in [0.29, 0.717) is 18.0 Å². The third-order valence-electron chi connectivity index (χ3n) is 4.35. The number of nitrogens with one attached hydrogen (secondary N) is 1. The molecule has 1 aliphatic rings. The molecule has 2 amide bonds. The van der Waals surface area contributed by atoms with Gasteiger partial charge in [0.05, 0.1) is 18.7 Å². The maximum atomic E-state index is 12.5. The van der Waals surface area contributed by atoms with Crippen molar-refractivity contribution in [3.63, 3.8) is 0 Å². The molecule has 8 heteroatoms. The topological polar surface area (TPSA) is 89.4 Å². The summed E-state index contributed by atoms with van der Waals surface area (Å²) >= 11 is 0. The second-order valence-corrected chi connectivity index (χ2v) is 6.40. The summed E-state index contributed by atoms with van der Waals surface area (Å²) in [5.41, 5.74) is 1.71. The van der Waals surface area contributed by atoms with E-state index < -0.39 is 5.92 Å². The smallest absolute Gasteiger partial charge is 0.248 e. The molecule has 1 atom stereocenters. The lowest BCUT2D eigenvalue weighted by Gasteiger charge is -2.20. The third-order valence-corrected chi connectivity index (χ3v) is 4.35. The predicted octanol–water partition coefficient (Wildman–Crippen LogP) is 2.00. The molecule has 2 heterocycles. The fourth-order valence-electron chi connectivity index (χ4n) is 3.03. The molecule has 26 heavy (non-hydrogen) atoms. The van der Waals surface area contributed by atoms with Crippen LogP contribution < -0.4 is 15.0 Å². The van der Waals surface area contributed by atoms with Gasteiger partial charge in [0.15, 0.2) is 0 Å². The van der Waals surface area contributed by atoms with Crippen molar-refractivity contribution >= 4 is 23.5 Å². The summed E-state index contributed by atoms with van der Waals surface area (Å²) in [6.45, 7) is 5.04. The summed E-state index contributed by atoms with van der Waals surface area (Å²) in [6, 6.07) is 5.64. The van der Waals surface area contributed by atoms with Crippen LogP contribution in [-0.4, -0.2) is 40.2 Å². The number of nitrogens with zero attached hydrogens (tertiary/aromatic N) is 4. The molecule has 1 aromatic heterocycles. The van der Waals surface area contributed by atoms with Gasteiger partial charge in [-0.25, -0.2) is 4.98 Å². The molecule has 2 aromatic rings. The van der Waals surface area contributed by atoms with Gasteiger partial charge in [-0.1, -0.05) is 13.0 Å². The highest BCUT2D eigenvalue weighted by Gasteiger charge is 2.36. The summed E-state index contributed by atoms with van der Waals surface area (Å²) < 4.78 is 7.04. The molecule has 1 fully saturated rings. The van der Waals surface area contributed by atoms with E-state index in [0.717, 1.165) is 18.5 Å². The van der Waals surface area contributed by atoms with E-state index in [4.69, 9.17) is 4.74 Å². The van der Waals surface area contributed by atoms with Crippen molar-refractivity contribution in [2.24, 2.45) is 5.92 Å². The fraction of sp³-hybridized carbons (Fsp3) is 0.444. The van der Waals surface area contributed by atoms with Crippen LogP contribution >= 0.6 is 0 Å². The summed E-state index contributed by atoms with van der Waals surface area (Å²) in [5.74, 6) is 0.0820. The Morgan fingerprint density at radius 2 is 2.23 bits per heavy atom. The first-order valence-corrected chi connectivity index (χ1v) is 8.67. The number of benzene rings is 1. The van der Waals surface area contributed by atoms with Crippen LogP contribution in [0.4, 0.5) is 11.6 Å². The van der Waals surface area contributed by atoms with E-state index in [2.05, 4.69) is 15.4 Å². The van der Waals surface area contributed by atoms with Crippen molar-refractivity contribution in [1.82, 2.24) is 14.8 Å². The number of rotatable bonds is 6. The first-order valence-electron chi connectivity index (χ1n) is 8.67. The van der Waals surface area contributed by atoms with E-state index in [1.165, 1.54) is 0 Å². The average Bonchev–Trinajstić information content (AvgIpc) is 3.21. The Labute approximate surface area is 152 Å². The lowest BCUT2D eigenvalue weighted by Crippen LogP contribution is -2.28. The van der Waals surface area contributed by atoms with Crippen LogP contribution in [0, 0.1) is 12.8 Å². The van der Waals surface area contributed by atoms with Crippen molar-refractivity contribution in [1.29, 1.82) is 0 Å². The molecule has 0 unspecified atom stereocenters. The van der Waals surface area contributed by atoms with Crippen LogP contribution in [0.5, 0.6) is 5.75 Å². The first-order chi connectivity index (χ1) is 12.5. The molecule has 0 radical (unpaired) electrons. The number of aryl methyl sites for hydroxylation is 2. The Kier molecular flexibility index (Phi) is 5.20. The number of carbonyl (C=O) groups is 2. The summed E-state index contributed by atoms with van der Waals surface area (Å²) in [7, 11) is 1.57. The predicted molar refractivity (Wildman–Crippen MR) is 97.1 cm³/mol. The molecule has 1 N–H and O–H groups in total. The van der Waals surface area contributed by atoms with Gasteiger partial charge in [0.2, 0.25) is 17.8 Å². The summed E-state index contributed by atoms with van der Waals surface area (Å²) in [5, 5.41) is 6.90. The minimum absolute atomic E-state index is 0.0986. The van der Waals surface area contributed by atoms with Gasteiger partial charge in [-0.05, 0) is 31.0 Å². The number of ether oxygens (including phenoxy) is 1. The molecule has 0 saturated carbocycles. The number of hydrogen-bond donors (Lipinski definition) is 1. The van der Waals surface area contributed by atoms with Gasteiger partial charge in [0.25, 0.3) is 0 Å². The zero-order chi connectivity index (χ0) is 18.7. The lowest BCUT2D eigenvalue weighted by molar-refractivity contribution is -0.122. The molecule has 1 aromatic carbocycles. The second kappa shape index (κ2) is 7.55. The van der Waals surface area contributed by atoms with Crippen molar-refractivity contribution in [2.45, 2.75) is 33.2 Å². The highest BCUT2D eigenvalue weighted by molar-refractivity contribution is 6.03. The van der Waals surface area contributed by atoms with Crippen LogP contribution in [0.2, 0.25) is 0 Å². The van der Waals surface area contributed by atoms with Gasteiger partial charge in [-0.15, -0.1) is 5.10 Å². The minimum atomic E-state index is -0.453. The Morgan fingerprint density at radius 3 is 2.96 bits per heavy atom. The largest absolute Gasteiger partial charge is 0.495 e. The molecule has 0 spiro atoms. The maximum Gasteiger partial charge on any atom is 0.248 e. The van der Waals surface area contributed by atoms with Crippen LogP contribution in [-0.2, 0) is 16.1 Å². The second-order valence-electron chi connectivity index (χ2n) is 6.40. The highest BCUT2D eigenvalue weighted by Crippen LogP contribution is 2.34. The Balaban J connectivity index is 1.71. The molecule has 3 rings (SSSR count). The van der Waals surface area contributed by atoms with Crippen LogP contribution in [0.3, 0.4) is 0 Å². The molecular formula is C18H23N5O3. The van der Waals surface area contributed by atoms with Gasteiger partial charge in [0.1, 0.15) is 12.1 Å². The Morgan fingerprint density at radius 1 is 1.42 bits per heavy atom.